The van der Waals surface area contributed by atoms with Crippen molar-refractivity contribution >= 4 is 5.78 Å². The number of carbonyl (C=O) groups excluding carboxylic acids is 1. The fourth-order valence-electron chi connectivity index (χ4n) is 0.449. The third-order valence-electron chi connectivity index (χ3n) is 0.913. The second-order valence-electron chi connectivity index (χ2n) is 1.66. The van der Waals surface area contributed by atoms with Gasteiger partial charge in [-0.2, -0.15) is 0 Å². The number of methoxy groups -OCH3 is 1. The highest BCUT2D eigenvalue weighted by Crippen LogP contribution is 1.88. The summed E-state index contributed by atoms with van der Waals surface area (Å²) in [5, 5.41) is 0. The van der Waals surface area contributed by atoms with Gasteiger partial charge in [0.05, 0.1) is 0 Å². The summed E-state index contributed by atoms with van der Waals surface area (Å²) in [7, 11) is 1.60. The quantitative estimate of drug-likeness (QED) is 0.313. The molecule has 0 saturated carbocycles. The zero-order valence-corrected chi connectivity index (χ0v) is 5.52. The summed E-state index contributed by atoms with van der Waals surface area (Å²) in [6, 6.07) is 0. The summed E-state index contributed by atoms with van der Waals surface area (Å²) in [5.74, 6) is 1.88. The molecule has 0 heterocycles. The van der Waals surface area contributed by atoms with E-state index in [1.165, 1.54) is 0 Å². The Kier molecular flexibility index (Phi) is 4.85. The van der Waals surface area contributed by atoms with Crippen LogP contribution < -0.4 is 0 Å². The average molecular weight is 126 g/mol. The van der Waals surface area contributed by atoms with Crippen LogP contribution >= 0.6 is 0 Å². The Hall–Kier alpha value is -0.810. The van der Waals surface area contributed by atoms with Crippen LogP contribution in [0, 0.1) is 12.3 Å². The summed E-state index contributed by atoms with van der Waals surface area (Å²) < 4.78 is 4.72. The molecule has 0 saturated heterocycles. The van der Waals surface area contributed by atoms with E-state index in [1.807, 2.05) is 5.92 Å². The Morgan fingerprint density at radius 3 is 2.89 bits per heavy atom. The van der Waals surface area contributed by atoms with Crippen molar-refractivity contribution in [2.75, 3.05) is 13.7 Å². The standard InChI is InChI=1S/C7H10O2/c1-3-7(8)5-4-6-9-2/h1H,4-6H2,2H3. The predicted molar refractivity (Wildman–Crippen MR) is 34.9 cm³/mol. The van der Waals surface area contributed by atoms with E-state index in [-0.39, 0.29) is 5.78 Å². The lowest BCUT2D eigenvalue weighted by atomic mass is 10.2. The van der Waals surface area contributed by atoms with E-state index in [0.29, 0.717) is 13.0 Å². The van der Waals surface area contributed by atoms with Crippen LogP contribution in [-0.4, -0.2) is 19.5 Å². The predicted octanol–water partition coefficient (Wildman–Crippen LogP) is 0.615. The maximum absolute atomic E-state index is 10.4. The molecular formula is C7H10O2. The highest BCUT2D eigenvalue weighted by Gasteiger charge is 1.93. The van der Waals surface area contributed by atoms with Gasteiger partial charge in [-0.15, -0.1) is 6.42 Å². The molecule has 0 atom stereocenters. The molecule has 0 aliphatic rings. The summed E-state index contributed by atoms with van der Waals surface area (Å²) >= 11 is 0. The first kappa shape index (κ1) is 8.19. The zero-order chi connectivity index (χ0) is 7.11. The number of hydrogen-bond acceptors (Lipinski definition) is 2. The second-order valence-corrected chi connectivity index (χ2v) is 1.66. The second kappa shape index (κ2) is 5.33. The highest BCUT2D eigenvalue weighted by molar-refractivity contribution is 5.94. The van der Waals surface area contributed by atoms with Crippen molar-refractivity contribution in [3.05, 3.63) is 0 Å². The van der Waals surface area contributed by atoms with Crippen LogP contribution in [0.1, 0.15) is 12.8 Å². The lowest BCUT2D eigenvalue weighted by molar-refractivity contribution is -0.114. The number of Topliss-reactive ketones (excluding diaryl/α,β-unsaturated/α-hetero) is 1. The normalized spacial score (nSPS) is 8.44. The Morgan fingerprint density at radius 1 is 1.78 bits per heavy atom. The molecule has 0 aliphatic carbocycles. The van der Waals surface area contributed by atoms with E-state index in [0.717, 1.165) is 6.42 Å². The minimum atomic E-state index is -0.146. The van der Waals surface area contributed by atoms with Gasteiger partial charge < -0.3 is 4.74 Å². The summed E-state index contributed by atoms with van der Waals surface area (Å²) in [6.07, 6.45) is 5.97. The van der Waals surface area contributed by atoms with E-state index in [1.54, 1.807) is 7.11 Å². The lowest BCUT2D eigenvalue weighted by Crippen LogP contribution is -1.96. The molecule has 0 aliphatic heterocycles. The van der Waals surface area contributed by atoms with Crippen molar-refractivity contribution in [2.45, 2.75) is 12.8 Å². The Bertz CT molecular complexity index is 121. The van der Waals surface area contributed by atoms with E-state index in [9.17, 15) is 4.79 Å². The van der Waals surface area contributed by atoms with E-state index in [4.69, 9.17) is 11.2 Å². The fourth-order valence-corrected chi connectivity index (χ4v) is 0.449. The first-order valence-electron chi connectivity index (χ1n) is 2.79. The largest absolute Gasteiger partial charge is 0.385 e. The zero-order valence-electron chi connectivity index (χ0n) is 5.52. The van der Waals surface area contributed by atoms with Crippen molar-refractivity contribution in [3.63, 3.8) is 0 Å². The van der Waals surface area contributed by atoms with Gasteiger partial charge in [0.1, 0.15) is 0 Å². The van der Waals surface area contributed by atoms with Crippen LogP contribution in [-0.2, 0) is 9.53 Å². The van der Waals surface area contributed by atoms with Crippen LogP contribution in [0.2, 0.25) is 0 Å². The van der Waals surface area contributed by atoms with Crippen molar-refractivity contribution in [2.24, 2.45) is 0 Å². The molecule has 0 spiro atoms. The number of terminal acetylenes is 1. The lowest BCUT2D eigenvalue weighted by Gasteiger charge is -1.92. The number of hydrogen-bond donors (Lipinski definition) is 0. The molecule has 2 heteroatoms. The molecule has 0 rings (SSSR count). The maximum atomic E-state index is 10.4. The van der Waals surface area contributed by atoms with Crippen LogP contribution in [0.15, 0.2) is 0 Å². The van der Waals surface area contributed by atoms with Gasteiger partial charge in [0.25, 0.3) is 0 Å². The molecule has 0 bridgehead atoms. The first-order valence-corrected chi connectivity index (χ1v) is 2.79. The maximum Gasteiger partial charge on any atom is 0.205 e. The Labute approximate surface area is 55.2 Å². The molecule has 0 radical (unpaired) electrons. The number of carbonyl (C=O) groups is 1. The molecule has 0 N–H and O–H groups in total. The van der Waals surface area contributed by atoms with Crippen molar-refractivity contribution in [1.29, 1.82) is 0 Å². The van der Waals surface area contributed by atoms with Crippen molar-refractivity contribution < 1.29 is 9.53 Å². The van der Waals surface area contributed by atoms with Gasteiger partial charge in [-0.1, -0.05) is 0 Å². The minimum absolute atomic E-state index is 0.146. The minimum Gasteiger partial charge on any atom is -0.385 e. The van der Waals surface area contributed by atoms with Gasteiger partial charge in [-0.05, 0) is 12.3 Å². The van der Waals surface area contributed by atoms with Crippen molar-refractivity contribution in [3.8, 4) is 12.3 Å². The third kappa shape index (κ3) is 5.05. The number of ether oxygens (including phenoxy) is 1. The van der Waals surface area contributed by atoms with Gasteiger partial charge in [-0.25, -0.2) is 0 Å². The SMILES string of the molecule is C#CC(=O)CCCOC. The molecule has 0 fully saturated rings. The van der Waals surface area contributed by atoms with Gasteiger partial charge in [0, 0.05) is 20.1 Å². The van der Waals surface area contributed by atoms with Crippen LogP contribution in [0.5, 0.6) is 0 Å². The molecular weight excluding hydrogens is 116 g/mol. The number of ketones is 1. The molecule has 0 aromatic rings. The molecule has 9 heavy (non-hydrogen) atoms. The molecule has 0 amide bonds. The molecule has 0 aromatic heterocycles. The molecule has 50 valence electrons. The number of rotatable bonds is 4. The van der Waals surface area contributed by atoms with Gasteiger partial charge in [0.15, 0.2) is 0 Å². The van der Waals surface area contributed by atoms with Crippen molar-refractivity contribution in [1.82, 2.24) is 0 Å². The van der Waals surface area contributed by atoms with Gasteiger partial charge in [-0.3, -0.25) is 4.79 Å². The van der Waals surface area contributed by atoms with E-state index >= 15 is 0 Å². The first-order chi connectivity index (χ1) is 4.31. The topological polar surface area (TPSA) is 26.3 Å². The van der Waals surface area contributed by atoms with E-state index in [2.05, 4.69) is 0 Å². The van der Waals surface area contributed by atoms with Crippen LogP contribution in [0.3, 0.4) is 0 Å². The molecule has 0 aromatic carbocycles. The third-order valence-corrected chi connectivity index (χ3v) is 0.913. The van der Waals surface area contributed by atoms with Crippen LogP contribution in [0.25, 0.3) is 0 Å². The van der Waals surface area contributed by atoms with Crippen LogP contribution in [0.4, 0.5) is 0 Å². The van der Waals surface area contributed by atoms with E-state index < -0.39 is 0 Å². The Balaban J connectivity index is 3.10. The van der Waals surface area contributed by atoms with Gasteiger partial charge >= 0.3 is 0 Å². The molecule has 2 nitrogen and oxygen atoms in total. The Morgan fingerprint density at radius 2 is 2.44 bits per heavy atom. The summed E-state index contributed by atoms with van der Waals surface area (Å²) in [5.41, 5.74) is 0. The van der Waals surface area contributed by atoms with Gasteiger partial charge in [0.2, 0.25) is 5.78 Å². The average Bonchev–Trinajstić information content (AvgIpc) is 1.89. The highest BCUT2D eigenvalue weighted by atomic mass is 16.5. The summed E-state index contributed by atoms with van der Waals surface area (Å²) in [4.78, 5) is 10.4. The molecule has 0 unspecified atom stereocenters. The fraction of sp³-hybridized carbons (Fsp3) is 0.571. The smallest absolute Gasteiger partial charge is 0.205 e. The monoisotopic (exact) mass is 126 g/mol. The summed E-state index contributed by atoms with van der Waals surface area (Å²) in [6.45, 7) is 0.605.